The number of nitroso groups, excluding NO2 is 1. The summed E-state index contributed by atoms with van der Waals surface area (Å²) in [5.74, 6) is 0.216. The van der Waals surface area contributed by atoms with Crippen LogP contribution in [0.25, 0.3) is 0 Å². The standard InChI is InChI=1S/C12H22ClN3O2/c1-10(2)16(11-6-4-3-5-7-11)12(17)15(14-18)9-8-13/h10-11H,3-9H2,1-2H3. The molecule has 0 heterocycles. The van der Waals surface area contributed by atoms with E-state index in [1.165, 1.54) is 6.42 Å². The van der Waals surface area contributed by atoms with Gasteiger partial charge in [0.2, 0.25) is 0 Å². The van der Waals surface area contributed by atoms with Crippen LogP contribution < -0.4 is 0 Å². The molecule has 1 aliphatic rings. The lowest BCUT2D eigenvalue weighted by molar-refractivity contribution is 0.104. The van der Waals surface area contributed by atoms with E-state index in [9.17, 15) is 9.70 Å². The smallest absolute Gasteiger partial charge is 0.318 e. The van der Waals surface area contributed by atoms with Crippen molar-refractivity contribution >= 4 is 17.6 Å². The summed E-state index contributed by atoms with van der Waals surface area (Å²) in [6, 6.07) is -0.0152. The van der Waals surface area contributed by atoms with E-state index in [4.69, 9.17) is 11.6 Å². The molecule has 1 fully saturated rings. The minimum Gasteiger partial charge on any atom is -0.318 e. The molecule has 0 spiro atoms. The molecule has 18 heavy (non-hydrogen) atoms. The fourth-order valence-electron chi connectivity index (χ4n) is 2.54. The summed E-state index contributed by atoms with van der Waals surface area (Å²) in [6.07, 6.45) is 5.54. The highest BCUT2D eigenvalue weighted by Crippen LogP contribution is 2.25. The normalized spacial score (nSPS) is 16.7. The minimum atomic E-state index is -0.312. The predicted molar refractivity (Wildman–Crippen MR) is 72.5 cm³/mol. The molecule has 0 N–H and O–H groups in total. The van der Waals surface area contributed by atoms with E-state index in [1.54, 1.807) is 4.90 Å². The van der Waals surface area contributed by atoms with Crippen molar-refractivity contribution in [3.05, 3.63) is 4.91 Å². The van der Waals surface area contributed by atoms with E-state index in [0.717, 1.165) is 30.7 Å². The lowest BCUT2D eigenvalue weighted by Crippen LogP contribution is -2.50. The van der Waals surface area contributed by atoms with Gasteiger partial charge in [0, 0.05) is 18.0 Å². The van der Waals surface area contributed by atoms with Crippen LogP contribution in [0.3, 0.4) is 0 Å². The summed E-state index contributed by atoms with van der Waals surface area (Å²) in [6.45, 7) is 4.10. The zero-order valence-corrected chi connectivity index (χ0v) is 11.9. The van der Waals surface area contributed by atoms with Crippen LogP contribution in [0.4, 0.5) is 4.79 Å². The van der Waals surface area contributed by atoms with Crippen LogP contribution in [0.2, 0.25) is 0 Å². The Morgan fingerprint density at radius 2 is 1.94 bits per heavy atom. The second-order valence-corrected chi connectivity index (χ2v) is 5.35. The van der Waals surface area contributed by atoms with Gasteiger partial charge in [-0.2, -0.15) is 5.01 Å². The Hall–Kier alpha value is -0.840. The van der Waals surface area contributed by atoms with Crippen LogP contribution in [0.15, 0.2) is 5.29 Å². The number of carbonyl (C=O) groups is 1. The Morgan fingerprint density at radius 3 is 2.39 bits per heavy atom. The maximum Gasteiger partial charge on any atom is 0.343 e. The molecule has 1 rings (SSSR count). The Labute approximate surface area is 113 Å². The quantitative estimate of drug-likeness (QED) is 0.439. The van der Waals surface area contributed by atoms with Gasteiger partial charge in [0.1, 0.15) is 0 Å². The number of carbonyl (C=O) groups excluding carboxylic acids is 1. The molecule has 1 saturated carbocycles. The van der Waals surface area contributed by atoms with Crippen molar-refractivity contribution in [2.24, 2.45) is 5.29 Å². The van der Waals surface area contributed by atoms with Crippen LogP contribution in [0.5, 0.6) is 0 Å². The Balaban J connectivity index is 2.75. The molecule has 0 bridgehead atoms. The lowest BCUT2D eigenvalue weighted by atomic mass is 9.93. The molecule has 104 valence electrons. The van der Waals surface area contributed by atoms with E-state index in [2.05, 4.69) is 5.29 Å². The monoisotopic (exact) mass is 275 g/mol. The molecule has 0 aromatic carbocycles. The molecule has 6 heteroatoms. The van der Waals surface area contributed by atoms with Gasteiger partial charge in [-0.25, -0.2) is 4.79 Å². The van der Waals surface area contributed by atoms with Crippen LogP contribution in [0.1, 0.15) is 46.0 Å². The lowest BCUT2D eigenvalue weighted by Gasteiger charge is -2.38. The van der Waals surface area contributed by atoms with Gasteiger partial charge < -0.3 is 4.90 Å². The first-order valence-corrected chi connectivity index (χ1v) is 7.14. The molecule has 0 aliphatic heterocycles. The fraction of sp³-hybridized carbons (Fsp3) is 0.917. The summed E-state index contributed by atoms with van der Waals surface area (Å²) in [5.41, 5.74) is 0. The molecule has 0 aromatic heterocycles. The van der Waals surface area contributed by atoms with Crippen molar-refractivity contribution in [1.82, 2.24) is 9.91 Å². The summed E-state index contributed by atoms with van der Waals surface area (Å²) < 4.78 is 0. The summed E-state index contributed by atoms with van der Waals surface area (Å²) >= 11 is 5.58. The van der Waals surface area contributed by atoms with Gasteiger partial charge in [-0.3, -0.25) is 0 Å². The Morgan fingerprint density at radius 1 is 1.33 bits per heavy atom. The first-order chi connectivity index (χ1) is 8.61. The van der Waals surface area contributed by atoms with E-state index in [1.807, 2.05) is 13.8 Å². The second-order valence-electron chi connectivity index (χ2n) is 4.97. The van der Waals surface area contributed by atoms with E-state index < -0.39 is 0 Å². The summed E-state index contributed by atoms with van der Waals surface area (Å²) in [4.78, 5) is 24.8. The average molecular weight is 276 g/mol. The number of rotatable bonds is 5. The molecule has 0 unspecified atom stereocenters. The van der Waals surface area contributed by atoms with Crippen LogP contribution in [-0.2, 0) is 0 Å². The van der Waals surface area contributed by atoms with Gasteiger partial charge in [0.25, 0.3) is 0 Å². The number of amides is 2. The molecular formula is C12H22ClN3O2. The van der Waals surface area contributed by atoms with E-state index in [-0.39, 0.29) is 30.5 Å². The highest BCUT2D eigenvalue weighted by molar-refractivity contribution is 6.18. The molecule has 2 amide bonds. The van der Waals surface area contributed by atoms with Crippen LogP contribution in [-0.4, -0.2) is 40.4 Å². The third-order valence-electron chi connectivity index (χ3n) is 3.36. The van der Waals surface area contributed by atoms with E-state index >= 15 is 0 Å². The fourth-order valence-corrected chi connectivity index (χ4v) is 2.70. The molecule has 0 aromatic rings. The van der Waals surface area contributed by atoms with Crippen molar-refractivity contribution < 1.29 is 4.79 Å². The number of halogens is 1. The van der Waals surface area contributed by atoms with Crippen LogP contribution >= 0.6 is 11.6 Å². The highest BCUT2D eigenvalue weighted by Gasteiger charge is 2.31. The van der Waals surface area contributed by atoms with Gasteiger partial charge >= 0.3 is 6.03 Å². The number of hydrogen-bond donors (Lipinski definition) is 0. The topological polar surface area (TPSA) is 53.0 Å². The Kier molecular flexibility index (Phi) is 6.39. The first kappa shape index (κ1) is 15.2. The molecule has 0 saturated heterocycles. The van der Waals surface area contributed by atoms with Gasteiger partial charge in [0.15, 0.2) is 0 Å². The number of urea groups is 1. The maximum absolute atomic E-state index is 12.3. The van der Waals surface area contributed by atoms with Crippen LogP contribution in [0, 0.1) is 4.91 Å². The minimum absolute atomic E-state index is 0.0696. The zero-order chi connectivity index (χ0) is 13.5. The van der Waals surface area contributed by atoms with E-state index in [0.29, 0.717) is 0 Å². The molecule has 1 aliphatic carbocycles. The molecule has 0 atom stereocenters. The Bertz CT molecular complexity index is 280. The van der Waals surface area contributed by atoms with Gasteiger partial charge in [-0.15, -0.1) is 16.5 Å². The third kappa shape index (κ3) is 3.83. The predicted octanol–water partition coefficient (Wildman–Crippen LogP) is 3.37. The molecule has 5 nitrogen and oxygen atoms in total. The number of nitrogens with zero attached hydrogens (tertiary/aromatic N) is 3. The molecule has 0 radical (unpaired) electrons. The largest absolute Gasteiger partial charge is 0.343 e. The maximum atomic E-state index is 12.3. The van der Waals surface area contributed by atoms with Crippen molar-refractivity contribution in [2.45, 2.75) is 58.0 Å². The van der Waals surface area contributed by atoms with Crippen molar-refractivity contribution in [2.75, 3.05) is 12.4 Å². The number of hydrogen-bond acceptors (Lipinski definition) is 3. The van der Waals surface area contributed by atoms with Gasteiger partial charge in [-0.1, -0.05) is 19.3 Å². The molecular weight excluding hydrogens is 254 g/mol. The van der Waals surface area contributed by atoms with Crippen molar-refractivity contribution in [3.63, 3.8) is 0 Å². The SMILES string of the molecule is CC(C)N(C(=O)N(CCCl)N=O)C1CCCCC1. The second kappa shape index (κ2) is 7.56. The van der Waals surface area contributed by atoms with Crippen molar-refractivity contribution in [1.29, 1.82) is 0 Å². The summed E-state index contributed by atoms with van der Waals surface area (Å²) in [7, 11) is 0. The van der Waals surface area contributed by atoms with Gasteiger partial charge in [-0.05, 0) is 26.7 Å². The highest BCUT2D eigenvalue weighted by atomic mass is 35.5. The number of alkyl halides is 1. The average Bonchev–Trinajstić information content (AvgIpc) is 2.36. The first-order valence-electron chi connectivity index (χ1n) is 6.60. The van der Waals surface area contributed by atoms with Gasteiger partial charge in [0.05, 0.1) is 11.8 Å². The van der Waals surface area contributed by atoms with Crippen molar-refractivity contribution in [3.8, 4) is 0 Å². The summed E-state index contributed by atoms with van der Waals surface area (Å²) in [5, 5.41) is 3.72. The zero-order valence-electron chi connectivity index (χ0n) is 11.1. The third-order valence-corrected chi connectivity index (χ3v) is 3.53.